The number of rotatable bonds is 4. The van der Waals surface area contributed by atoms with Gasteiger partial charge in [0.05, 0.1) is 21.5 Å². The number of fused-ring (bicyclic) bond motifs is 1. The minimum Gasteiger partial charge on any atom is -0.309 e. The van der Waals surface area contributed by atoms with Crippen LogP contribution in [-0.4, -0.2) is 31.4 Å². The van der Waals surface area contributed by atoms with E-state index in [1.54, 1.807) is 13.0 Å². The van der Waals surface area contributed by atoms with Crippen molar-refractivity contribution in [2.75, 3.05) is 11.1 Å². The van der Waals surface area contributed by atoms with Crippen molar-refractivity contribution in [1.29, 1.82) is 0 Å². The van der Waals surface area contributed by atoms with Gasteiger partial charge in [0.1, 0.15) is 5.82 Å². The molecule has 0 aliphatic carbocycles. The van der Waals surface area contributed by atoms with Crippen molar-refractivity contribution in [2.45, 2.75) is 44.3 Å². The number of carbonyl (C=O) groups excluding carboxylic acids is 1. The van der Waals surface area contributed by atoms with Crippen LogP contribution in [0.15, 0.2) is 11.2 Å². The molecular formula is C15H17Cl2N5OS. The summed E-state index contributed by atoms with van der Waals surface area (Å²) in [5.41, 5.74) is 0.617. The molecule has 0 fully saturated rings. The van der Waals surface area contributed by atoms with Gasteiger partial charge in [0.25, 0.3) is 0 Å². The lowest BCUT2D eigenvalue weighted by atomic mass is 10.2. The molecule has 0 aromatic carbocycles. The van der Waals surface area contributed by atoms with E-state index in [1.807, 2.05) is 0 Å². The topological polar surface area (TPSA) is 72.7 Å². The molecule has 0 atom stereocenters. The third-order valence-corrected chi connectivity index (χ3v) is 5.41. The van der Waals surface area contributed by atoms with Crippen LogP contribution < -0.4 is 5.32 Å². The molecule has 0 bridgehead atoms. The van der Waals surface area contributed by atoms with E-state index in [4.69, 9.17) is 23.2 Å². The largest absolute Gasteiger partial charge is 0.309 e. The Bertz CT molecular complexity index is 765. The lowest BCUT2D eigenvalue weighted by Crippen LogP contribution is -2.16. The summed E-state index contributed by atoms with van der Waals surface area (Å²) in [6, 6.07) is 1.58. The molecule has 0 radical (unpaired) electrons. The molecule has 1 amide bonds. The molecule has 24 heavy (non-hydrogen) atoms. The van der Waals surface area contributed by atoms with Gasteiger partial charge >= 0.3 is 0 Å². The second-order valence-electron chi connectivity index (χ2n) is 5.58. The van der Waals surface area contributed by atoms with E-state index < -0.39 is 0 Å². The summed E-state index contributed by atoms with van der Waals surface area (Å²) >= 11 is 13.4. The highest BCUT2D eigenvalue weighted by Crippen LogP contribution is 2.26. The molecule has 3 rings (SSSR count). The molecule has 0 saturated heterocycles. The number of anilines is 1. The Labute approximate surface area is 154 Å². The zero-order valence-corrected chi connectivity index (χ0v) is 15.5. The first-order valence-corrected chi connectivity index (χ1v) is 9.46. The summed E-state index contributed by atoms with van der Waals surface area (Å²) in [6.07, 6.45) is 4.41. The number of amides is 1. The molecule has 3 heterocycles. The quantitative estimate of drug-likeness (QED) is 0.811. The maximum absolute atomic E-state index is 12.2. The normalized spacial score (nSPS) is 14.1. The van der Waals surface area contributed by atoms with Gasteiger partial charge in [-0.2, -0.15) is 0 Å². The van der Waals surface area contributed by atoms with Crippen LogP contribution in [0, 0.1) is 6.92 Å². The molecule has 0 saturated carbocycles. The number of aromatic nitrogens is 4. The number of thioether (sulfide) groups is 1. The number of nitrogens with one attached hydrogen (secondary N) is 1. The predicted octanol–water partition coefficient (Wildman–Crippen LogP) is 3.75. The fourth-order valence-corrected chi connectivity index (χ4v) is 3.70. The highest BCUT2D eigenvalue weighted by molar-refractivity contribution is 7.99. The van der Waals surface area contributed by atoms with Crippen LogP contribution >= 0.6 is 35.0 Å². The van der Waals surface area contributed by atoms with Crippen molar-refractivity contribution in [3.05, 3.63) is 27.6 Å². The van der Waals surface area contributed by atoms with Gasteiger partial charge in [-0.05, 0) is 25.8 Å². The molecule has 9 heteroatoms. The Kier molecular flexibility index (Phi) is 5.63. The summed E-state index contributed by atoms with van der Waals surface area (Å²) in [5.74, 6) is 1.36. The first-order valence-electron chi connectivity index (χ1n) is 7.72. The van der Waals surface area contributed by atoms with Crippen LogP contribution in [0.4, 0.5) is 5.82 Å². The number of hydrogen-bond donors (Lipinski definition) is 1. The molecule has 0 unspecified atom stereocenters. The lowest BCUT2D eigenvalue weighted by molar-refractivity contribution is -0.113. The highest BCUT2D eigenvalue weighted by atomic mass is 35.5. The number of aryl methyl sites for hydroxylation is 2. The molecule has 0 spiro atoms. The summed E-state index contributed by atoms with van der Waals surface area (Å²) < 4.78 is 2.11. The smallest absolute Gasteiger partial charge is 0.236 e. The van der Waals surface area contributed by atoms with E-state index in [2.05, 4.69) is 25.1 Å². The van der Waals surface area contributed by atoms with Crippen LogP contribution in [-0.2, 0) is 17.8 Å². The minimum atomic E-state index is -0.193. The first kappa shape index (κ1) is 17.5. The second kappa shape index (κ2) is 7.72. The van der Waals surface area contributed by atoms with E-state index in [-0.39, 0.29) is 11.7 Å². The van der Waals surface area contributed by atoms with Crippen molar-refractivity contribution in [2.24, 2.45) is 0 Å². The molecular weight excluding hydrogens is 369 g/mol. The number of nitrogens with zero attached hydrogens (tertiary/aromatic N) is 4. The number of halogens is 2. The zero-order valence-electron chi connectivity index (χ0n) is 13.2. The molecule has 2 aromatic heterocycles. The van der Waals surface area contributed by atoms with Gasteiger partial charge in [0.15, 0.2) is 11.0 Å². The Morgan fingerprint density at radius 2 is 2.12 bits per heavy atom. The Morgan fingerprint density at radius 1 is 1.29 bits per heavy atom. The molecule has 1 aliphatic heterocycles. The standard InChI is InChI=1S/C15H17Cl2N5OS/c1-9-10(16)7-11(17)14(18-9)19-13(23)8-24-15-21-20-12-5-3-2-4-6-22(12)15/h7H,2-6,8H2,1H3,(H,18,19,23). The van der Waals surface area contributed by atoms with Crippen LogP contribution in [0.1, 0.15) is 30.8 Å². The summed E-state index contributed by atoms with van der Waals surface area (Å²) in [7, 11) is 0. The second-order valence-corrected chi connectivity index (χ2v) is 7.34. The van der Waals surface area contributed by atoms with Crippen molar-refractivity contribution < 1.29 is 4.79 Å². The average Bonchev–Trinajstić information content (AvgIpc) is 2.77. The van der Waals surface area contributed by atoms with Gasteiger partial charge in [-0.25, -0.2) is 4.98 Å². The molecule has 6 nitrogen and oxygen atoms in total. The van der Waals surface area contributed by atoms with Crippen molar-refractivity contribution in [3.8, 4) is 0 Å². The van der Waals surface area contributed by atoms with E-state index >= 15 is 0 Å². The summed E-state index contributed by atoms with van der Waals surface area (Å²) in [6.45, 7) is 2.67. The zero-order chi connectivity index (χ0) is 17.1. The van der Waals surface area contributed by atoms with Gasteiger partial charge in [-0.15, -0.1) is 10.2 Å². The van der Waals surface area contributed by atoms with E-state index in [1.165, 1.54) is 18.2 Å². The summed E-state index contributed by atoms with van der Waals surface area (Å²) in [4.78, 5) is 16.4. The maximum atomic E-state index is 12.2. The van der Waals surface area contributed by atoms with Gasteiger partial charge in [-0.1, -0.05) is 41.4 Å². The molecule has 2 aromatic rings. The Hall–Kier alpha value is -1.31. The van der Waals surface area contributed by atoms with Crippen LogP contribution in [0.5, 0.6) is 0 Å². The van der Waals surface area contributed by atoms with Crippen molar-refractivity contribution >= 4 is 46.7 Å². The first-order chi connectivity index (χ1) is 11.5. The van der Waals surface area contributed by atoms with Crippen molar-refractivity contribution in [3.63, 3.8) is 0 Å². The van der Waals surface area contributed by atoms with Gasteiger partial charge < -0.3 is 9.88 Å². The summed E-state index contributed by atoms with van der Waals surface area (Å²) in [5, 5.41) is 12.7. The van der Waals surface area contributed by atoms with Crippen molar-refractivity contribution in [1.82, 2.24) is 19.7 Å². The third kappa shape index (κ3) is 4.02. The highest BCUT2D eigenvalue weighted by Gasteiger charge is 2.17. The monoisotopic (exact) mass is 385 g/mol. The van der Waals surface area contributed by atoms with E-state index in [0.29, 0.717) is 21.6 Å². The molecule has 128 valence electrons. The van der Waals surface area contributed by atoms with Gasteiger partial charge in [0.2, 0.25) is 5.91 Å². The molecule has 1 aliphatic rings. The number of hydrogen-bond acceptors (Lipinski definition) is 5. The van der Waals surface area contributed by atoms with Crippen LogP contribution in [0.2, 0.25) is 10.0 Å². The van der Waals surface area contributed by atoms with Crippen LogP contribution in [0.3, 0.4) is 0 Å². The van der Waals surface area contributed by atoms with E-state index in [0.717, 1.165) is 36.8 Å². The predicted molar refractivity (Wildman–Crippen MR) is 95.9 cm³/mol. The average molecular weight is 386 g/mol. The third-order valence-electron chi connectivity index (χ3n) is 3.77. The number of pyridine rings is 1. The van der Waals surface area contributed by atoms with E-state index in [9.17, 15) is 4.79 Å². The van der Waals surface area contributed by atoms with Crippen LogP contribution in [0.25, 0.3) is 0 Å². The van der Waals surface area contributed by atoms with Gasteiger partial charge in [-0.3, -0.25) is 4.79 Å². The maximum Gasteiger partial charge on any atom is 0.236 e. The van der Waals surface area contributed by atoms with Gasteiger partial charge in [0, 0.05) is 13.0 Å². The Balaban J connectivity index is 1.62. The fourth-order valence-electron chi connectivity index (χ4n) is 2.51. The SMILES string of the molecule is Cc1nc(NC(=O)CSc2nnc3n2CCCCC3)c(Cl)cc1Cl. The Morgan fingerprint density at radius 3 is 2.96 bits per heavy atom. The lowest BCUT2D eigenvalue weighted by Gasteiger charge is -2.09. The fraction of sp³-hybridized carbons (Fsp3) is 0.467. The minimum absolute atomic E-state index is 0.193. The number of carbonyl (C=O) groups is 1. The molecule has 1 N–H and O–H groups in total.